The molecule has 0 saturated carbocycles. The molecule has 2 atom stereocenters. The molecule has 1 saturated heterocycles. The molecule has 0 bridgehead atoms. The summed E-state index contributed by atoms with van der Waals surface area (Å²) >= 11 is 0. The van der Waals surface area contributed by atoms with Gasteiger partial charge in [0.1, 0.15) is 11.9 Å². The Balaban J connectivity index is 1.85. The van der Waals surface area contributed by atoms with Gasteiger partial charge in [0.15, 0.2) is 0 Å². The number of amides is 3. The minimum Gasteiger partial charge on any atom is -0.375 e. The van der Waals surface area contributed by atoms with Gasteiger partial charge in [-0.15, -0.1) is 0 Å². The number of nitrogens with zero attached hydrogens (tertiary/aromatic N) is 2. The number of aromatic nitrogens is 1. The van der Waals surface area contributed by atoms with Crippen LogP contribution in [0, 0.1) is 0 Å². The Morgan fingerprint density at radius 2 is 2.30 bits per heavy atom. The first-order valence-corrected chi connectivity index (χ1v) is 7.61. The Kier molecular flexibility index (Phi) is 5.75. The number of ether oxygens (including phenoxy) is 1. The quantitative estimate of drug-likeness (QED) is 0.706. The fourth-order valence-electron chi connectivity index (χ4n) is 2.36. The third-order valence-corrected chi connectivity index (χ3v) is 3.59. The summed E-state index contributed by atoms with van der Waals surface area (Å²) in [7, 11) is 0. The van der Waals surface area contributed by atoms with Crippen LogP contribution in [0.5, 0.6) is 0 Å². The van der Waals surface area contributed by atoms with Crippen LogP contribution < -0.4 is 21.3 Å². The fraction of sp³-hybridized carbons (Fsp3) is 0.533. The zero-order valence-electron chi connectivity index (χ0n) is 13.4. The zero-order chi connectivity index (χ0) is 16.8. The summed E-state index contributed by atoms with van der Waals surface area (Å²) in [4.78, 5) is 29.1. The monoisotopic (exact) mass is 321 g/mol. The van der Waals surface area contributed by atoms with Gasteiger partial charge >= 0.3 is 6.03 Å². The normalized spacial score (nSPS) is 19.0. The number of rotatable bonds is 5. The lowest BCUT2D eigenvalue weighted by Crippen LogP contribution is -2.46. The van der Waals surface area contributed by atoms with Crippen molar-refractivity contribution >= 4 is 17.8 Å². The lowest BCUT2D eigenvalue weighted by molar-refractivity contribution is -0.122. The molecule has 2 heterocycles. The molecule has 1 fully saturated rings. The molecule has 0 unspecified atom stereocenters. The smallest absolute Gasteiger partial charge is 0.312 e. The number of hydrogen-bond acceptors (Lipinski definition) is 5. The van der Waals surface area contributed by atoms with Crippen LogP contribution in [-0.4, -0.2) is 48.8 Å². The van der Waals surface area contributed by atoms with Crippen LogP contribution in [0.1, 0.15) is 19.4 Å². The van der Waals surface area contributed by atoms with Crippen LogP contribution in [0.25, 0.3) is 0 Å². The molecule has 1 aliphatic rings. The van der Waals surface area contributed by atoms with Gasteiger partial charge in [0.25, 0.3) is 0 Å². The molecule has 1 aromatic rings. The molecule has 8 heteroatoms. The topological polar surface area (TPSA) is 110 Å². The van der Waals surface area contributed by atoms with Gasteiger partial charge in [-0.25, -0.2) is 9.78 Å². The van der Waals surface area contributed by atoms with Crippen LogP contribution >= 0.6 is 0 Å². The van der Waals surface area contributed by atoms with E-state index in [0.29, 0.717) is 13.2 Å². The van der Waals surface area contributed by atoms with Gasteiger partial charge in [-0.05, 0) is 25.5 Å². The maximum Gasteiger partial charge on any atom is 0.312 e. The van der Waals surface area contributed by atoms with E-state index < -0.39 is 12.1 Å². The van der Waals surface area contributed by atoms with Crippen LogP contribution in [0.3, 0.4) is 0 Å². The fourth-order valence-corrected chi connectivity index (χ4v) is 2.36. The number of urea groups is 1. The molecule has 2 rings (SSSR count). The summed E-state index contributed by atoms with van der Waals surface area (Å²) in [6.45, 7) is 6.29. The highest BCUT2D eigenvalue weighted by Crippen LogP contribution is 2.15. The van der Waals surface area contributed by atoms with E-state index in [2.05, 4.69) is 20.5 Å². The summed E-state index contributed by atoms with van der Waals surface area (Å²) in [5.74, 6) is 0.605. The molecule has 3 amide bonds. The minimum atomic E-state index is -0.724. The highest BCUT2D eigenvalue weighted by atomic mass is 16.5. The molecular weight excluding hydrogens is 298 g/mol. The van der Waals surface area contributed by atoms with E-state index in [9.17, 15) is 9.59 Å². The predicted molar refractivity (Wildman–Crippen MR) is 85.9 cm³/mol. The maximum atomic E-state index is 11.8. The van der Waals surface area contributed by atoms with Gasteiger partial charge in [-0.3, -0.25) is 4.79 Å². The van der Waals surface area contributed by atoms with Gasteiger partial charge < -0.3 is 26.0 Å². The average Bonchev–Trinajstić information content (AvgIpc) is 2.52. The zero-order valence-corrected chi connectivity index (χ0v) is 13.4. The first-order valence-electron chi connectivity index (χ1n) is 7.61. The second-order valence-corrected chi connectivity index (χ2v) is 5.60. The van der Waals surface area contributed by atoms with E-state index in [0.717, 1.165) is 24.5 Å². The molecule has 0 aromatic carbocycles. The first-order chi connectivity index (χ1) is 11.0. The molecule has 0 spiro atoms. The largest absolute Gasteiger partial charge is 0.375 e. The number of nitrogens with two attached hydrogens (primary N) is 1. The molecule has 1 aromatic heterocycles. The number of nitrogens with one attached hydrogen (secondary N) is 2. The van der Waals surface area contributed by atoms with E-state index in [1.165, 1.54) is 0 Å². The lowest BCUT2D eigenvalue weighted by Gasteiger charge is -2.32. The number of anilines is 1. The summed E-state index contributed by atoms with van der Waals surface area (Å²) in [5.41, 5.74) is 5.87. The van der Waals surface area contributed by atoms with Crippen LogP contribution in [0.4, 0.5) is 10.6 Å². The van der Waals surface area contributed by atoms with Crippen molar-refractivity contribution in [1.82, 2.24) is 15.6 Å². The van der Waals surface area contributed by atoms with Crippen molar-refractivity contribution in [3.63, 3.8) is 0 Å². The number of morpholine rings is 1. The third-order valence-electron chi connectivity index (χ3n) is 3.59. The first kappa shape index (κ1) is 17.0. The van der Waals surface area contributed by atoms with E-state index in [1.54, 1.807) is 13.1 Å². The minimum absolute atomic E-state index is 0.198. The van der Waals surface area contributed by atoms with Gasteiger partial charge in [0.2, 0.25) is 5.91 Å². The van der Waals surface area contributed by atoms with E-state index in [4.69, 9.17) is 10.5 Å². The second kappa shape index (κ2) is 7.77. The molecule has 8 nitrogen and oxygen atoms in total. The predicted octanol–water partition coefficient (Wildman–Crippen LogP) is -0.0203. The Labute approximate surface area is 135 Å². The molecule has 1 aliphatic heterocycles. The van der Waals surface area contributed by atoms with Crippen molar-refractivity contribution in [2.75, 3.05) is 24.6 Å². The highest BCUT2D eigenvalue weighted by molar-refractivity contribution is 5.86. The van der Waals surface area contributed by atoms with E-state index in [1.807, 2.05) is 19.1 Å². The Bertz CT molecular complexity index is 549. The summed E-state index contributed by atoms with van der Waals surface area (Å²) < 4.78 is 5.51. The lowest BCUT2D eigenvalue weighted by atomic mass is 10.2. The van der Waals surface area contributed by atoms with Crippen molar-refractivity contribution in [3.8, 4) is 0 Å². The van der Waals surface area contributed by atoms with Crippen molar-refractivity contribution in [2.45, 2.75) is 32.5 Å². The average molecular weight is 321 g/mol. The number of hydrogen-bond donors (Lipinski definition) is 3. The van der Waals surface area contributed by atoms with Gasteiger partial charge in [0.05, 0.1) is 12.7 Å². The van der Waals surface area contributed by atoms with Crippen molar-refractivity contribution in [2.24, 2.45) is 5.73 Å². The maximum absolute atomic E-state index is 11.8. The SMILES string of the molecule is C[C@@H]1CN(c2ccc(CNC(=O)[C@@H](C)NC(N)=O)cn2)CCO1. The van der Waals surface area contributed by atoms with Crippen molar-refractivity contribution in [1.29, 1.82) is 0 Å². The second-order valence-electron chi connectivity index (χ2n) is 5.60. The molecule has 0 aliphatic carbocycles. The van der Waals surface area contributed by atoms with Gasteiger partial charge in [0, 0.05) is 25.8 Å². The molecule has 0 radical (unpaired) electrons. The number of primary amides is 1. The van der Waals surface area contributed by atoms with Crippen LogP contribution in [-0.2, 0) is 16.1 Å². The molecular formula is C15H23N5O3. The van der Waals surface area contributed by atoms with E-state index in [-0.39, 0.29) is 12.0 Å². The summed E-state index contributed by atoms with van der Waals surface area (Å²) in [6, 6.07) is 2.47. The Hall–Kier alpha value is -2.35. The van der Waals surface area contributed by atoms with Crippen molar-refractivity contribution < 1.29 is 14.3 Å². The number of carbonyl (C=O) groups is 2. The Morgan fingerprint density at radius 3 is 2.91 bits per heavy atom. The van der Waals surface area contributed by atoms with Crippen molar-refractivity contribution in [3.05, 3.63) is 23.9 Å². The number of pyridine rings is 1. The number of carbonyl (C=O) groups excluding carboxylic acids is 2. The molecule has 4 N–H and O–H groups in total. The standard InChI is InChI=1S/C15H23N5O3/c1-10-9-20(5-6-23-10)13-4-3-12(7-17-13)8-18-14(21)11(2)19-15(16)22/h3-4,7,10-11H,5-6,8-9H2,1-2H3,(H,18,21)(H3,16,19,22)/t10-,11-/m1/s1. The van der Waals surface area contributed by atoms with Crippen LogP contribution in [0.2, 0.25) is 0 Å². The van der Waals surface area contributed by atoms with Crippen LogP contribution in [0.15, 0.2) is 18.3 Å². The molecule has 126 valence electrons. The highest BCUT2D eigenvalue weighted by Gasteiger charge is 2.18. The van der Waals surface area contributed by atoms with Gasteiger partial charge in [-0.1, -0.05) is 6.07 Å². The summed E-state index contributed by atoms with van der Waals surface area (Å²) in [5, 5.41) is 5.06. The Morgan fingerprint density at radius 1 is 1.52 bits per heavy atom. The molecule has 23 heavy (non-hydrogen) atoms. The van der Waals surface area contributed by atoms with Gasteiger partial charge in [-0.2, -0.15) is 0 Å². The third kappa shape index (κ3) is 5.10. The van der Waals surface area contributed by atoms with E-state index >= 15 is 0 Å². The summed E-state index contributed by atoms with van der Waals surface area (Å²) in [6.07, 6.45) is 1.94.